The van der Waals surface area contributed by atoms with Crippen molar-refractivity contribution >= 4 is 17.8 Å². The minimum absolute atomic E-state index is 0.247. The molecule has 1 saturated heterocycles. The van der Waals surface area contributed by atoms with Gasteiger partial charge in [-0.2, -0.15) is 0 Å². The van der Waals surface area contributed by atoms with Gasteiger partial charge in [0.15, 0.2) is 0 Å². The molecule has 0 radical (unpaired) electrons. The van der Waals surface area contributed by atoms with Gasteiger partial charge >= 0.3 is 5.97 Å². The van der Waals surface area contributed by atoms with Crippen LogP contribution in [0.1, 0.15) is 39.0 Å². The zero-order valence-corrected chi connectivity index (χ0v) is 12.6. The summed E-state index contributed by atoms with van der Waals surface area (Å²) < 4.78 is 4.91. The molecule has 1 aliphatic carbocycles. The van der Waals surface area contributed by atoms with Gasteiger partial charge in [0.1, 0.15) is 6.04 Å². The third kappa shape index (κ3) is 2.95. The molecule has 0 bridgehead atoms. The summed E-state index contributed by atoms with van der Waals surface area (Å²) in [7, 11) is 1.54. The molecule has 3 unspecified atom stereocenters. The van der Waals surface area contributed by atoms with Crippen LogP contribution < -0.4 is 0 Å². The van der Waals surface area contributed by atoms with Crippen molar-refractivity contribution in [1.29, 1.82) is 0 Å². The van der Waals surface area contributed by atoms with E-state index in [-0.39, 0.29) is 30.1 Å². The van der Waals surface area contributed by atoms with Crippen LogP contribution in [0.2, 0.25) is 0 Å². The third-order valence-electron chi connectivity index (χ3n) is 4.77. The first-order valence-electron chi connectivity index (χ1n) is 7.59. The first-order chi connectivity index (χ1) is 10.0. The van der Waals surface area contributed by atoms with Crippen LogP contribution in [0.25, 0.3) is 0 Å². The second kappa shape index (κ2) is 6.56. The second-order valence-electron chi connectivity index (χ2n) is 5.99. The molecule has 1 N–H and O–H groups in total. The van der Waals surface area contributed by atoms with E-state index in [0.29, 0.717) is 31.8 Å². The maximum atomic E-state index is 12.4. The zero-order valence-electron chi connectivity index (χ0n) is 12.6. The van der Waals surface area contributed by atoms with E-state index >= 15 is 0 Å². The molecule has 1 aliphatic heterocycles. The van der Waals surface area contributed by atoms with Gasteiger partial charge in [0.05, 0.1) is 11.8 Å². The number of hydrogen-bond acceptors (Lipinski definition) is 4. The Hall–Kier alpha value is -1.43. The van der Waals surface area contributed by atoms with E-state index in [1.54, 1.807) is 0 Å². The van der Waals surface area contributed by atoms with Crippen LogP contribution in [0.5, 0.6) is 0 Å². The van der Waals surface area contributed by atoms with Crippen LogP contribution in [0.3, 0.4) is 0 Å². The topological polar surface area (TPSA) is 83.9 Å². The molecule has 0 aromatic rings. The monoisotopic (exact) mass is 297 g/mol. The summed E-state index contributed by atoms with van der Waals surface area (Å²) in [5.41, 5.74) is 0. The first-order valence-corrected chi connectivity index (χ1v) is 7.59. The molecule has 2 rings (SSSR count). The number of rotatable bonds is 7. The first kappa shape index (κ1) is 15.9. The lowest BCUT2D eigenvalue weighted by atomic mass is 10.00. The molecule has 118 valence electrons. The van der Waals surface area contributed by atoms with Crippen molar-refractivity contribution in [3.63, 3.8) is 0 Å². The van der Waals surface area contributed by atoms with Gasteiger partial charge in [-0.15, -0.1) is 0 Å². The Morgan fingerprint density at radius 2 is 1.90 bits per heavy atom. The summed E-state index contributed by atoms with van der Waals surface area (Å²) in [5.74, 6) is -1.87. The number of aliphatic carboxylic acids is 1. The van der Waals surface area contributed by atoms with Gasteiger partial charge in [-0.1, -0.05) is 13.3 Å². The van der Waals surface area contributed by atoms with E-state index in [9.17, 15) is 19.5 Å². The third-order valence-corrected chi connectivity index (χ3v) is 4.77. The Bertz CT molecular complexity index is 412. The van der Waals surface area contributed by atoms with Gasteiger partial charge in [-0.05, 0) is 31.6 Å². The highest BCUT2D eigenvalue weighted by Crippen LogP contribution is 2.45. The van der Waals surface area contributed by atoms with Gasteiger partial charge in [0.2, 0.25) is 11.8 Å². The highest BCUT2D eigenvalue weighted by molar-refractivity contribution is 6.08. The zero-order chi connectivity index (χ0) is 15.6. The molecule has 1 saturated carbocycles. The Balaban J connectivity index is 2.10. The molecule has 2 fully saturated rings. The van der Waals surface area contributed by atoms with Crippen LogP contribution >= 0.6 is 0 Å². The van der Waals surface area contributed by atoms with E-state index in [0.717, 1.165) is 11.3 Å². The fourth-order valence-electron chi connectivity index (χ4n) is 3.58. The number of carboxylic acid groups (broad SMARTS) is 1. The molecular formula is C15H23NO5. The number of ether oxygens (including phenoxy) is 1. The predicted molar refractivity (Wildman–Crippen MR) is 74.4 cm³/mol. The number of carboxylic acids is 1. The van der Waals surface area contributed by atoms with Crippen molar-refractivity contribution in [2.75, 3.05) is 13.7 Å². The van der Waals surface area contributed by atoms with Crippen LogP contribution in [0.15, 0.2) is 0 Å². The Labute approximate surface area is 124 Å². The summed E-state index contributed by atoms with van der Waals surface area (Å²) in [4.78, 5) is 37.3. The molecule has 0 aromatic carbocycles. The van der Waals surface area contributed by atoms with Crippen LogP contribution in [-0.4, -0.2) is 47.5 Å². The van der Waals surface area contributed by atoms with Gasteiger partial charge in [0.25, 0.3) is 0 Å². The number of fused-ring (bicyclic) bond motifs is 1. The van der Waals surface area contributed by atoms with Crippen LogP contribution in [0.4, 0.5) is 0 Å². The van der Waals surface area contributed by atoms with Gasteiger partial charge in [-0.25, -0.2) is 4.79 Å². The number of carbonyl (C=O) groups is 3. The molecule has 6 nitrogen and oxygen atoms in total. The van der Waals surface area contributed by atoms with Gasteiger partial charge in [0, 0.05) is 13.7 Å². The maximum Gasteiger partial charge on any atom is 0.326 e. The van der Waals surface area contributed by atoms with Crippen molar-refractivity contribution in [3.8, 4) is 0 Å². The molecule has 0 spiro atoms. The normalized spacial score (nSPS) is 29.8. The number of nitrogens with zero attached hydrogens (tertiary/aromatic N) is 1. The standard InChI is InChI=1S/C15H23NO5/c1-3-9-7-10-11(8-9)14(18)16(13(10)17)12(15(19)20)5-4-6-21-2/h9-12H,3-8H2,1-2H3,(H,19,20). The number of likely N-dealkylation sites (tertiary alicyclic amines) is 1. The van der Waals surface area contributed by atoms with E-state index in [2.05, 4.69) is 6.92 Å². The average Bonchev–Trinajstić information content (AvgIpc) is 2.97. The molecule has 6 heteroatoms. The lowest BCUT2D eigenvalue weighted by Gasteiger charge is -2.24. The minimum atomic E-state index is -1.11. The molecule has 1 heterocycles. The number of hydrogen-bond donors (Lipinski definition) is 1. The van der Waals surface area contributed by atoms with Crippen molar-refractivity contribution in [2.45, 2.75) is 45.1 Å². The van der Waals surface area contributed by atoms with E-state index in [1.807, 2.05) is 0 Å². The van der Waals surface area contributed by atoms with Crippen molar-refractivity contribution in [1.82, 2.24) is 4.90 Å². The molecule has 3 atom stereocenters. The van der Waals surface area contributed by atoms with Crippen molar-refractivity contribution in [2.24, 2.45) is 17.8 Å². The van der Waals surface area contributed by atoms with Crippen LogP contribution in [0, 0.1) is 17.8 Å². The SMILES string of the molecule is CCC1CC2C(=O)N(C(CCCOC)C(=O)O)C(=O)C2C1. The minimum Gasteiger partial charge on any atom is -0.480 e. The quantitative estimate of drug-likeness (QED) is 0.565. The van der Waals surface area contributed by atoms with Crippen LogP contribution in [-0.2, 0) is 19.1 Å². The predicted octanol–water partition coefficient (Wildman–Crippen LogP) is 1.29. The number of amides is 2. The number of imide groups is 1. The molecular weight excluding hydrogens is 274 g/mol. The Kier molecular flexibility index (Phi) is 4.98. The average molecular weight is 297 g/mol. The van der Waals surface area contributed by atoms with E-state index in [1.165, 1.54) is 7.11 Å². The Morgan fingerprint density at radius 1 is 1.33 bits per heavy atom. The highest BCUT2D eigenvalue weighted by atomic mass is 16.5. The lowest BCUT2D eigenvalue weighted by Crippen LogP contribution is -2.46. The summed E-state index contributed by atoms with van der Waals surface area (Å²) in [6.45, 7) is 2.48. The Morgan fingerprint density at radius 3 is 2.33 bits per heavy atom. The largest absolute Gasteiger partial charge is 0.480 e. The van der Waals surface area contributed by atoms with Crippen molar-refractivity contribution < 1.29 is 24.2 Å². The highest BCUT2D eigenvalue weighted by Gasteiger charge is 2.54. The summed E-state index contributed by atoms with van der Waals surface area (Å²) in [6, 6.07) is -1.05. The van der Waals surface area contributed by atoms with Gasteiger partial charge in [-0.3, -0.25) is 14.5 Å². The number of carbonyl (C=O) groups excluding carboxylic acids is 2. The molecule has 2 aliphatic rings. The van der Waals surface area contributed by atoms with E-state index in [4.69, 9.17) is 4.74 Å². The van der Waals surface area contributed by atoms with E-state index < -0.39 is 12.0 Å². The molecule has 2 amide bonds. The summed E-state index contributed by atoms with van der Waals surface area (Å²) in [5, 5.41) is 9.34. The second-order valence-corrected chi connectivity index (χ2v) is 5.99. The van der Waals surface area contributed by atoms with Crippen molar-refractivity contribution in [3.05, 3.63) is 0 Å². The molecule has 0 aromatic heterocycles. The maximum absolute atomic E-state index is 12.4. The van der Waals surface area contributed by atoms with Gasteiger partial charge < -0.3 is 9.84 Å². The summed E-state index contributed by atoms with van der Waals surface area (Å²) >= 11 is 0. The molecule has 21 heavy (non-hydrogen) atoms. The fraction of sp³-hybridized carbons (Fsp3) is 0.800. The lowest BCUT2D eigenvalue weighted by molar-refractivity contribution is -0.155. The fourth-order valence-corrected chi connectivity index (χ4v) is 3.58. The number of methoxy groups -OCH3 is 1. The summed E-state index contributed by atoms with van der Waals surface area (Å²) in [6.07, 6.45) is 3.15. The smallest absolute Gasteiger partial charge is 0.326 e.